The minimum absolute atomic E-state index is 0. The van der Waals surface area contributed by atoms with Gasteiger partial charge in [-0.25, -0.2) is 0 Å². The molecular weight excluding hydrogens is 526 g/mol. The van der Waals surface area contributed by atoms with E-state index in [0.717, 1.165) is 17.7 Å². The van der Waals surface area contributed by atoms with Gasteiger partial charge in [0.25, 0.3) is 0 Å². The predicted molar refractivity (Wildman–Crippen MR) is 113 cm³/mol. The maximum absolute atomic E-state index is 8.40. The van der Waals surface area contributed by atoms with Crippen LogP contribution in [0.3, 0.4) is 0 Å². The molecule has 2 aromatic rings. The molecule has 1 aromatic carbocycles. The number of allylic oxidation sites excluding steroid dienone is 2. The first-order valence-corrected chi connectivity index (χ1v) is 9.88. The second-order valence-corrected chi connectivity index (χ2v) is 7.18. The van der Waals surface area contributed by atoms with Crippen molar-refractivity contribution in [1.82, 2.24) is 4.98 Å². The largest absolute Gasteiger partial charge is 0.512 e. The van der Waals surface area contributed by atoms with Gasteiger partial charge in [-0.05, 0) is 37.9 Å². The summed E-state index contributed by atoms with van der Waals surface area (Å²) >= 11 is 0. The number of nitrogens with zero attached hydrogens (tertiary/aromatic N) is 1. The molecule has 3 rings (SSSR count). The fourth-order valence-corrected chi connectivity index (χ4v) is 3.27. The van der Waals surface area contributed by atoms with E-state index < -0.39 is 0 Å². The van der Waals surface area contributed by atoms with Gasteiger partial charge in [0.05, 0.1) is 18.8 Å². The molecule has 0 unspecified atom stereocenters. The Kier molecular flexibility index (Phi) is 11.0. The molecule has 0 spiro atoms. The first-order chi connectivity index (χ1) is 13.0. The molecule has 1 aromatic heterocycles. The Hall–Kier alpha value is -1.77. The predicted octanol–water partition coefficient (Wildman–Crippen LogP) is 5.78. The minimum Gasteiger partial charge on any atom is -0.512 e. The summed E-state index contributed by atoms with van der Waals surface area (Å²) in [7, 11) is 0. The smallest absolute Gasteiger partial charge is 0.316 e. The molecule has 0 saturated heterocycles. The zero-order valence-corrected chi connectivity index (χ0v) is 19.5. The van der Waals surface area contributed by atoms with Crippen LogP contribution in [-0.4, -0.2) is 20.7 Å². The van der Waals surface area contributed by atoms with Crippen LogP contribution in [0.25, 0.3) is 11.3 Å². The zero-order valence-electron chi connectivity index (χ0n) is 17.1. The molecule has 0 amide bonds. The molecule has 1 radical (unpaired) electrons. The van der Waals surface area contributed by atoms with Crippen LogP contribution < -0.4 is 0 Å². The maximum atomic E-state index is 8.40. The molecule has 1 aliphatic carbocycles. The molecule has 0 fully saturated rings. The number of ketones is 1. The summed E-state index contributed by atoms with van der Waals surface area (Å²) < 4.78 is 0. The normalized spacial score (nSPS) is 12.9. The average molecular weight is 558 g/mol. The molecule has 0 atom stereocenters. The van der Waals surface area contributed by atoms with Crippen LogP contribution in [-0.2, 0) is 39.4 Å². The van der Waals surface area contributed by atoms with E-state index in [1.54, 1.807) is 0 Å². The summed E-state index contributed by atoms with van der Waals surface area (Å²) in [4.78, 5) is 12.9. The third kappa shape index (κ3) is 8.08. The molecule has 28 heavy (non-hydrogen) atoms. The van der Waals surface area contributed by atoms with Crippen molar-refractivity contribution in [3.05, 3.63) is 65.1 Å². The molecule has 1 heterocycles. The van der Waals surface area contributed by atoms with E-state index in [9.17, 15) is 0 Å². The Balaban J connectivity index is 0.000000425. The molecule has 1 aliphatic rings. The number of rotatable bonds is 5. The molecule has 153 valence electrons. The van der Waals surface area contributed by atoms with Gasteiger partial charge in [-0.3, -0.25) is 4.79 Å². The Labute approximate surface area is 182 Å². The van der Waals surface area contributed by atoms with Crippen molar-refractivity contribution in [3.63, 3.8) is 0 Å². The standard InChI is InChI=1S/C19H22N.C5H8O2.Ir/c1-2-3-6-15-11-12-20-19(13-15)18-10-9-16-7-4-5-8-17(16)14-18;1-4(6)3-5(2)7;/h9,11-14H,2-8H2,1H3;3,6H,1-2H3;/q-1;;/p+1/b;4-3-;. The second kappa shape index (κ2) is 12.6. The van der Waals surface area contributed by atoms with Gasteiger partial charge in [0, 0.05) is 26.3 Å². The van der Waals surface area contributed by atoms with Crippen molar-refractivity contribution < 1.29 is 30.0 Å². The number of fused-ring (bicyclic) bond motifs is 1. The zero-order chi connectivity index (χ0) is 19.6. The Morgan fingerprint density at radius 3 is 2.54 bits per heavy atom. The first-order valence-electron chi connectivity index (χ1n) is 9.88. The fraction of sp³-hybridized carbons (Fsp3) is 0.417. The van der Waals surface area contributed by atoms with E-state index in [1.807, 2.05) is 6.20 Å². The van der Waals surface area contributed by atoms with E-state index in [-0.39, 0.29) is 31.6 Å². The van der Waals surface area contributed by atoms with E-state index in [1.165, 1.54) is 75.1 Å². The number of carbonyl (C=O) groups excluding carboxylic acids is 1. The molecule has 2 N–H and O–H groups in total. The van der Waals surface area contributed by atoms with E-state index in [0.29, 0.717) is 0 Å². The van der Waals surface area contributed by atoms with Gasteiger partial charge < -0.3 is 10.1 Å². The number of aromatic nitrogens is 1. The minimum atomic E-state index is 0. The number of hydrogen-bond acceptors (Lipinski definition) is 2. The van der Waals surface area contributed by atoms with Gasteiger partial charge in [0.15, 0.2) is 0 Å². The van der Waals surface area contributed by atoms with E-state index in [2.05, 4.69) is 42.2 Å². The van der Waals surface area contributed by atoms with Crippen molar-refractivity contribution >= 4 is 5.78 Å². The molecule has 0 saturated carbocycles. The number of aliphatic hydroxyl groups is 1. The van der Waals surface area contributed by atoms with Crippen LogP contribution in [0.5, 0.6) is 0 Å². The van der Waals surface area contributed by atoms with Crippen molar-refractivity contribution in [3.8, 4) is 11.3 Å². The molecular formula is C24H31IrNO2. The second-order valence-electron chi connectivity index (χ2n) is 7.18. The van der Waals surface area contributed by atoms with Crippen LogP contribution in [0.1, 0.15) is 63.1 Å². The number of hydrogen-bond donors (Lipinski definition) is 1. The summed E-state index contributed by atoms with van der Waals surface area (Å²) in [6.07, 6.45) is 11.9. The van der Waals surface area contributed by atoms with Crippen molar-refractivity contribution in [2.24, 2.45) is 0 Å². The third-order valence-electron chi connectivity index (χ3n) is 4.61. The summed E-state index contributed by atoms with van der Waals surface area (Å²) in [6, 6.07) is 12.3. The Morgan fingerprint density at radius 1 is 1.21 bits per heavy atom. The monoisotopic (exact) mass is 558 g/mol. The van der Waals surface area contributed by atoms with Gasteiger partial charge in [-0.15, -0.1) is 34.9 Å². The molecule has 4 heteroatoms. The van der Waals surface area contributed by atoms with Crippen molar-refractivity contribution in [2.75, 3.05) is 0 Å². The van der Waals surface area contributed by atoms with E-state index in [4.69, 9.17) is 9.90 Å². The summed E-state index contributed by atoms with van der Waals surface area (Å²) in [5.74, 6) is 0.250. The topological polar surface area (TPSA) is 54.5 Å². The number of aliphatic hydroxyl groups excluding tert-OH is 1. The Morgan fingerprint density at radius 2 is 1.93 bits per heavy atom. The number of benzene rings is 1. The molecule has 0 aliphatic heterocycles. The van der Waals surface area contributed by atoms with Crippen LogP contribution in [0, 0.1) is 6.07 Å². The van der Waals surface area contributed by atoms with Gasteiger partial charge in [-0.2, -0.15) is 0 Å². The van der Waals surface area contributed by atoms with Crippen LogP contribution in [0.15, 0.2) is 42.3 Å². The van der Waals surface area contributed by atoms with Crippen LogP contribution in [0.2, 0.25) is 0 Å². The third-order valence-corrected chi connectivity index (χ3v) is 4.61. The molecule has 3 nitrogen and oxygen atoms in total. The van der Waals surface area contributed by atoms with Crippen molar-refractivity contribution in [2.45, 2.75) is 65.7 Å². The summed E-state index contributed by atoms with van der Waals surface area (Å²) in [5.41, 5.74) is 6.62. The van der Waals surface area contributed by atoms with Gasteiger partial charge in [-0.1, -0.05) is 44.2 Å². The quantitative estimate of drug-likeness (QED) is 0.219. The Bertz CT molecular complexity index is 795. The van der Waals surface area contributed by atoms with E-state index >= 15 is 0 Å². The fourth-order valence-electron chi connectivity index (χ4n) is 3.27. The maximum Gasteiger partial charge on any atom is 0.316 e. The molecule has 0 bridgehead atoms. The van der Waals surface area contributed by atoms with Crippen LogP contribution >= 0.6 is 0 Å². The number of pyridine rings is 1. The SMILES string of the molecule is CC(=[OH+])/C=C(/C)O.CCCCc1ccnc(-c2[c-]cc3c(c2)CCCC3)c1.[Ir]. The average Bonchev–Trinajstić information content (AvgIpc) is 2.65. The van der Waals surface area contributed by atoms with Crippen molar-refractivity contribution in [1.29, 1.82) is 0 Å². The first kappa shape index (κ1) is 24.3. The van der Waals surface area contributed by atoms with Gasteiger partial charge >= 0.3 is 5.78 Å². The number of aryl methyl sites for hydroxylation is 3. The van der Waals surface area contributed by atoms with Crippen LogP contribution in [0.4, 0.5) is 0 Å². The van der Waals surface area contributed by atoms with Gasteiger partial charge in [0.2, 0.25) is 0 Å². The summed E-state index contributed by atoms with van der Waals surface area (Å²) in [5, 5.41) is 8.40. The summed E-state index contributed by atoms with van der Waals surface area (Å²) in [6.45, 7) is 5.23. The van der Waals surface area contributed by atoms with Gasteiger partial charge in [0.1, 0.15) is 0 Å². The number of unbranched alkanes of at least 4 members (excludes halogenated alkanes) is 1.